The minimum atomic E-state index is -4.66. The minimum Gasteiger partial charge on any atom is -0.493 e. The van der Waals surface area contributed by atoms with Crippen LogP contribution in [0.2, 0.25) is 0 Å². The van der Waals surface area contributed by atoms with E-state index in [0.717, 1.165) is 21.9 Å². The highest BCUT2D eigenvalue weighted by Gasteiger charge is 2.43. The number of aliphatic carboxylic acids is 1. The molecule has 0 unspecified atom stereocenters. The standard InChI is InChI=1S/C31H30N2O7S/c1-39-28-14-13-25(18-29(28)40-2)41(37,38)33(30(34)26-17-23-9-5-6-10-24(23)19-32-26)27(31(35)36)16-20-11-12-21-7-3-4-8-22(21)15-20/h3-15,18,26-27,32H,16-17,19H2,1-2H3,(H,35,36)/t26-,27-/m0/s1. The second kappa shape index (κ2) is 11.6. The predicted molar refractivity (Wildman–Crippen MR) is 153 cm³/mol. The summed E-state index contributed by atoms with van der Waals surface area (Å²) in [7, 11) is -1.89. The first-order chi connectivity index (χ1) is 19.7. The van der Waals surface area contributed by atoms with Gasteiger partial charge in [-0.05, 0) is 46.0 Å². The molecular formula is C31H30N2O7S. The maximum Gasteiger partial charge on any atom is 0.328 e. The molecule has 5 rings (SSSR count). The van der Waals surface area contributed by atoms with Gasteiger partial charge in [-0.15, -0.1) is 0 Å². The maximum absolute atomic E-state index is 14.2. The van der Waals surface area contributed by atoms with Crippen molar-refractivity contribution in [1.29, 1.82) is 0 Å². The molecule has 0 fully saturated rings. The van der Waals surface area contributed by atoms with Crippen LogP contribution >= 0.6 is 0 Å². The van der Waals surface area contributed by atoms with Crippen molar-refractivity contribution in [3.63, 3.8) is 0 Å². The van der Waals surface area contributed by atoms with Crippen molar-refractivity contribution in [1.82, 2.24) is 9.62 Å². The number of carboxylic acids is 1. The first-order valence-corrected chi connectivity index (χ1v) is 14.5. The van der Waals surface area contributed by atoms with Crippen molar-refractivity contribution >= 4 is 32.7 Å². The lowest BCUT2D eigenvalue weighted by atomic mass is 9.95. The highest BCUT2D eigenvalue weighted by atomic mass is 32.2. The van der Waals surface area contributed by atoms with Crippen LogP contribution in [0.4, 0.5) is 0 Å². The highest BCUT2D eigenvalue weighted by molar-refractivity contribution is 7.89. The summed E-state index contributed by atoms with van der Waals surface area (Å²) in [5, 5.41) is 15.3. The lowest BCUT2D eigenvalue weighted by molar-refractivity contribution is -0.146. The summed E-state index contributed by atoms with van der Waals surface area (Å²) < 4.78 is 39.4. The van der Waals surface area contributed by atoms with E-state index in [4.69, 9.17) is 9.47 Å². The predicted octanol–water partition coefficient (Wildman–Crippen LogP) is 3.78. The van der Waals surface area contributed by atoms with Gasteiger partial charge < -0.3 is 19.9 Å². The van der Waals surface area contributed by atoms with Crippen LogP contribution < -0.4 is 14.8 Å². The molecule has 212 valence electrons. The van der Waals surface area contributed by atoms with E-state index >= 15 is 0 Å². The average Bonchev–Trinajstić information content (AvgIpc) is 2.99. The first-order valence-electron chi connectivity index (χ1n) is 13.0. The van der Waals surface area contributed by atoms with Crippen molar-refractivity contribution in [3.05, 3.63) is 102 Å². The lowest BCUT2D eigenvalue weighted by Gasteiger charge is -2.34. The fourth-order valence-electron chi connectivity index (χ4n) is 5.17. The molecule has 1 aliphatic rings. The summed E-state index contributed by atoms with van der Waals surface area (Å²) >= 11 is 0. The van der Waals surface area contributed by atoms with Crippen LogP contribution in [0.1, 0.15) is 16.7 Å². The van der Waals surface area contributed by atoms with E-state index in [2.05, 4.69) is 5.32 Å². The molecule has 0 aliphatic carbocycles. The molecule has 1 heterocycles. The van der Waals surface area contributed by atoms with Crippen molar-refractivity contribution in [2.45, 2.75) is 36.4 Å². The number of hydrogen-bond donors (Lipinski definition) is 2. The summed E-state index contributed by atoms with van der Waals surface area (Å²) in [6, 6.07) is 21.8. The first kappa shape index (κ1) is 28.1. The van der Waals surface area contributed by atoms with Crippen molar-refractivity contribution in [2.75, 3.05) is 14.2 Å². The number of nitrogens with one attached hydrogen (secondary N) is 1. The van der Waals surface area contributed by atoms with Gasteiger partial charge in [0.1, 0.15) is 6.04 Å². The second-order valence-electron chi connectivity index (χ2n) is 9.80. The number of ether oxygens (including phenoxy) is 2. The fourth-order valence-corrected chi connectivity index (χ4v) is 6.76. The highest BCUT2D eigenvalue weighted by Crippen LogP contribution is 2.32. The zero-order chi connectivity index (χ0) is 29.1. The third kappa shape index (κ3) is 5.61. The molecule has 0 radical (unpaired) electrons. The minimum absolute atomic E-state index is 0.132. The van der Waals surface area contributed by atoms with Gasteiger partial charge in [0.25, 0.3) is 15.9 Å². The molecule has 2 N–H and O–H groups in total. The summed E-state index contributed by atoms with van der Waals surface area (Å²) in [5.41, 5.74) is 2.48. The third-order valence-corrected chi connectivity index (χ3v) is 9.12. The number of methoxy groups -OCH3 is 2. The topological polar surface area (TPSA) is 122 Å². The number of nitrogens with zero attached hydrogens (tertiary/aromatic N) is 1. The Kier molecular flexibility index (Phi) is 7.96. The SMILES string of the molecule is COc1ccc(S(=O)(=O)N(C(=O)[C@@H]2Cc3ccccc3CN2)[C@@H](Cc2ccc3ccccc3c2)C(=O)O)cc1OC. The van der Waals surface area contributed by atoms with Gasteiger partial charge in [0.05, 0.1) is 25.2 Å². The van der Waals surface area contributed by atoms with Crippen LogP contribution in [0.5, 0.6) is 11.5 Å². The number of rotatable bonds is 9. The number of carbonyl (C=O) groups excluding carboxylic acids is 1. The van der Waals surface area contributed by atoms with Crippen LogP contribution in [0.15, 0.2) is 89.8 Å². The molecule has 2 atom stereocenters. The van der Waals surface area contributed by atoms with E-state index < -0.39 is 34.0 Å². The quantitative estimate of drug-likeness (QED) is 0.310. The molecule has 0 saturated carbocycles. The van der Waals surface area contributed by atoms with Crippen molar-refractivity contribution < 1.29 is 32.6 Å². The number of amides is 1. The van der Waals surface area contributed by atoms with Crippen molar-refractivity contribution in [3.8, 4) is 11.5 Å². The Hall–Kier alpha value is -4.41. The van der Waals surface area contributed by atoms with Gasteiger partial charge in [-0.3, -0.25) is 4.79 Å². The van der Waals surface area contributed by atoms with Gasteiger partial charge in [0, 0.05) is 19.0 Å². The molecule has 41 heavy (non-hydrogen) atoms. The smallest absolute Gasteiger partial charge is 0.328 e. The van der Waals surface area contributed by atoms with Gasteiger partial charge in [0.2, 0.25) is 0 Å². The molecule has 4 aromatic carbocycles. The van der Waals surface area contributed by atoms with Crippen LogP contribution in [0.25, 0.3) is 10.8 Å². The number of sulfonamides is 1. The zero-order valence-corrected chi connectivity index (χ0v) is 23.4. The number of hydrogen-bond acceptors (Lipinski definition) is 7. The normalized spacial score (nSPS) is 15.5. The van der Waals surface area contributed by atoms with E-state index in [-0.39, 0.29) is 23.5 Å². The average molecular weight is 575 g/mol. The van der Waals surface area contributed by atoms with Crippen LogP contribution in [0, 0.1) is 0 Å². The van der Waals surface area contributed by atoms with Gasteiger partial charge in [0.15, 0.2) is 11.5 Å². The zero-order valence-electron chi connectivity index (χ0n) is 22.6. The van der Waals surface area contributed by atoms with Gasteiger partial charge in [-0.1, -0.05) is 66.7 Å². The number of fused-ring (bicyclic) bond motifs is 2. The number of benzene rings is 4. The Labute approximate surface area is 238 Å². The van der Waals surface area contributed by atoms with Crippen molar-refractivity contribution in [2.24, 2.45) is 0 Å². The van der Waals surface area contributed by atoms with Crippen LogP contribution in [0.3, 0.4) is 0 Å². The van der Waals surface area contributed by atoms with Gasteiger partial charge in [-0.2, -0.15) is 0 Å². The Morgan fingerprint density at radius 3 is 2.29 bits per heavy atom. The molecular weight excluding hydrogens is 544 g/mol. The van der Waals surface area contributed by atoms with Crippen LogP contribution in [-0.2, 0) is 39.0 Å². The summed E-state index contributed by atoms with van der Waals surface area (Å²) in [4.78, 5) is 26.6. The fraction of sp³-hybridized carbons (Fsp3) is 0.226. The van der Waals surface area contributed by atoms with E-state index in [1.165, 1.54) is 32.4 Å². The summed E-state index contributed by atoms with van der Waals surface area (Å²) in [5.74, 6) is -1.86. The molecule has 9 nitrogen and oxygen atoms in total. The van der Waals surface area contributed by atoms with E-state index in [0.29, 0.717) is 22.2 Å². The second-order valence-corrected chi connectivity index (χ2v) is 11.6. The Morgan fingerprint density at radius 1 is 0.902 bits per heavy atom. The molecule has 1 aliphatic heterocycles. The Morgan fingerprint density at radius 2 is 1.59 bits per heavy atom. The Bertz CT molecular complexity index is 1720. The van der Waals surface area contributed by atoms with Gasteiger partial charge >= 0.3 is 5.97 Å². The largest absolute Gasteiger partial charge is 0.493 e. The lowest BCUT2D eigenvalue weighted by Crippen LogP contribution is -2.57. The molecule has 0 saturated heterocycles. The van der Waals surface area contributed by atoms with Crippen LogP contribution in [-0.4, -0.2) is 56.0 Å². The molecule has 10 heteroatoms. The molecule has 4 aromatic rings. The van der Waals surface area contributed by atoms with E-state index in [1.54, 1.807) is 6.07 Å². The molecule has 0 aromatic heterocycles. The summed E-state index contributed by atoms with van der Waals surface area (Å²) in [6.07, 6.45) is -0.00297. The summed E-state index contributed by atoms with van der Waals surface area (Å²) in [6.45, 7) is 0.346. The van der Waals surface area contributed by atoms with Gasteiger partial charge in [-0.25, -0.2) is 17.5 Å². The monoisotopic (exact) mass is 574 g/mol. The molecule has 0 spiro atoms. The Balaban J connectivity index is 1.59. The third-order valence-electron chi connectivity index (χ3n) is 7.32. The van der Waals surface area contributed by atoms with E-state index in [9.17, 15) is 23.1 Å². The maximum atomic E-state index is 14.2. The van der Waals surface area contributed by atoms with E-state index in [1.807, 2.05) is 60.7 Å². The molecule has 0 bridgehead atoms. The molecule has 1 amide bonds. The number of carbonyl (C=O) groups is 2. The number of carboxylic acid groups (broad SMARTS) is 1.